The van der Waals surface area contributed by atoms with Gasteiger partial charge in [0.1, 0.15) is 0 Å². The maximum atomic E-state index is 6.09. The predicted molar refractivity (Wildman–Crippen MR) is 98.1 cm³/mol. The van der Waals surface area contributed by atoms with Crippen molar-refractivity contribution < 1.29 is 0 Å². The molecule has 1 aromatic heterocycles. The zero-order valence-electron chi connectivity index (χ0n) is 11.9. The van der Waals surface area contributed by atoms with E-state index in [0.717, 1.165) is 47.3 Å². The van der Waals surface area contributed by atoms with E-state index in [0.29, 0.717) is 10.0 Å². The number of rotatable bonds is 4. The molecule has 0 fully saturated rings. The summed E-state index contributed by atoms with van der Waals surface area (Å²) in [4.78, 5) is 0. The number of hydrogen-bond acceptors (Lipinski definition) is 4. The Hall–Kier alpha value is -0.560. The summed E-state index contributed by atoms with van der Waals surface area (Å²) in [6, 6.07) is 5.59. The second kappa shape index (κ2) is 7.81. The Kier molecular flexibility index (Phi) is 6.32. The number of aryl methyl sites for hydroxylation is 1. The highest BCUT2D eigenvalue weighted by molar-refractivity contribution is 8.93. The number of benzene rings is 1. The molecule has 4 nitrogen and oxygen atoms in total. The zero-order valence-corrected chi connectivity index (χ0v) is 16.0. The molecule has 1 aromatic carbocycles. The molecule has 1 aliphatic heterocycles. The topological polar surface area (TPSA) is 43.1 Å². The van der Waals surface area contributed by atoms with Gasteiger partial charge in [0, 0.05) is 17.7 Å². The Morgan fingerprint density at radius 3 is 2.77 bits per heavy atom. The lowest BCUT2D eigenvalue weighted by atomic mass is 10.1. The predicted octanol–water partition coefficient (Wildman–Crippen LogP) is 4.86. The van der Waals surface area contributed by atoms with Crippen LogP contribution in [0.5, 0.6) is 0 Å². The number of fused-ring (bicyclic) bond motifs is 1. The van der Waals surface area contributed by atoms with Crippen molar-refractivity contribution in [1.29, 1.82) is 0 Å². The van der Waals surface area contributed by atoms with Crippen molar-refractivity contribution in [1.82, 2.24) is 14.9 Å². The molecule has 2 heterocycles. The van der Waals surface area contributed by atoms with Crippen LogP contribution < -0.4 is 0 Å². The minimum Gasteiger partial charge on any atom is -0.191 e. The smallest absolute Gasteiger partial charge is 0.191 e. The van der Waals surface area contributed by atoms with Crippen LogP contribution in [0.25, 0.3) is 0 Å². The molecule has 0 N–H and O–H groups in total. The molecular weight excluding hydrogens is 407 g/mol. The summed E-state index contributed by atoms with van der Waals surface area (Å²) in [7, 11) is 0. The first-order chi connectivity index (χ1) is 10.2. The number of thioether (sulfide) groups is 1. The molecule has 8 heteroatoms. The molecule has 118 valence electrons. The van der Waals surface area contributed by atoms with Gasteiger partial charge in [-0.15, -0.1) is 27.2 Å². The first-order valence-corrected chi connectivity index (χ1v) is 8.53. The van der Waals surface area contributed by atoms with Gasteiger partial charge in [0.25, 0.3) is 0 Å². The van der Waals surface area contributed by atoms with E-state index in [-0.39, 0.29) is 17.0 Å². The first kappa shape index (κ1) is 17.8. The van der Waals surface area contributed by atoms with Gasteiger partial charge in [0.15, 0.2) is 5.82 Å². The molecule has 0 radical (unpaired) electrons. The maximum Gasteiger partial charge on any atom is 0.212 e. The van der Waals surface area contributed by atoms with Gasteiger partial charge in [-0.05, 0) is 18.6 Å². The van der Waals surface area contributed by atoms with Crippen molar-refractivity contribution in [3.05, 3.63) is 39.6 Å². The van der Waals surface area contributed by atoms with E-state index in [1.807, 2.05) is 16.8 Å². The fourth-order valence-electron chi connectivity index (χ4n) is 2.08. The standard InChI is InChI=1S/C14H14Cl2N4S.BrH/c1-2-3-4-13-17-18-14-20(13)19-12(8-21-14)9-5-6-10(15)11(16)7-9;/h5-7H,2-4,8H2,1H3;1H. The normalized spacial score (nSPS) is 13.3. The summed E-state index contributed by atoms with van der Waals surface area (Å²) >= 11 is 13.7. The Morgan fingerprint density at radius 2 is 2.05 bits per heavy atom. The third-order valence-corrected chi connectivity index (χ3v) is 4.91. The van der Waals surface area contributed by atoms with Gasteiger partial charge in [-0.1, -0.05) is 54.4 Å². The minimum absolute atomic E-state index is 0. The molecule has 0 aliphatic carbocycles. The number of halogens is 3. The molecule has 3 rings (SSSR count). The number of nitrogens with zero attached hydrogens (tertiary/aromatic N) is 4. The van der Waals surface area contributed by atoms with E-state index in [1.165, 1.54) is 0 Å². The Labute approximate surface area is 154 Å². The fourth-order valence-corrected chi connectivity index (χ4v) is 3.23. The van der Waals surface area contributed by atoms with E-state index in [4.69, 9.17) is 23.2 Å². The second-order valence-electron chi connectivity index (χ2n) is 4.78. The van der Waals surface area contributed by atoms with Crippen LogP contribution in [0, 0.1) is 0 Å². The van der Waals surface area contributed by atoms with E-state index >= 15 is 0 Å². The number of hydrogen-bond donors (Lipinski definition) is 0. The maximum absolute atomic E-state index is 6.09. The molecule has 0 saturated carbocycles. The van der Waals surface area contributed by atoms with Gasteiger partial charge >= 0.3 is 0 Å². The lowest BCUT2D eigenvalue weighted by Crippen LogP contribution is -2.14. The van der Waals surface area contributed by atoms with Gasteiger partial charge in [-0.25, -0.2) is 0 Å². The average molecular weight is 422 g/mol. The Morgan fingerprint density at radius 1 is 1.23 bits per heavy atom. The van der Waals surface area contributed by atoms with Crippen LogP contribution >= 0.6 is 51.9 Å². The van der Waals surface area contributed by atoms with E-state index in [2.05, 4.69) is 22.2 Å². The zero-order chi connectivity index (χ0) is 14.8. The van der Waals surface area contributed by atoms with Crippen molar-refractivity contribution in [3.63, 3.8) is 0 Å². The molecule has 0 unspecified atom stereocenters. The molecular formula is C14H15BrCl2N4S. The van der Waals surface area contributed by atoms with Crippen LogP contribution in [0.2, 0.25) is 10.0 Å². The summed E-state index contributed by atoms with van der Waals surface area (Å²) < 4.78 is 1.85. The van der Waals surface area contributed by atoms with Crippen molar-refractivity contribution in [3.8, 4) is 0 Å². The van der Waals surface area contributed by atoms with E-state index in [9.17, 15) is 0 Å². The third kappa shape index (κ3) is 3.67. The molecule has 0 saturated heterocycles. The molecule has 2 aromatic rings. The number of unbranched alkanes of at least 4 members (excludes halogenated alkanes) is 1. The quantitative estimate of drug-likeness (QED) is 0.707. The monoisotopic (exact) mass is 420 g/mol. The molecule has 0 amide bonds. The SMILES string of the molecule is Br.CCCCc1nnc2n1N=C(c1ccc(Cl)c(Cl)c1)CS2. The van der Waals surface area contributed by atoms with E-state index in [1.54, 1.807) is 17.8 Å². The average Bonchev–Trinajstić information content (AvgIpc) is 2.90. The lowest BCUT2D eigenvalue weighted by molar-refractivity contribution is 0.671. The summed E-state index contributed by atoms with van der Waals surface area (Å²) in [6.45, 7) is 2.16. The van der Waals surface area contributed by atoms with E-state index < -0.39 is 0 Å². The Balaban J connectivity index is 0.00000176. The van der Waals surface area contributed by atoms with Crippen molar-refractivity contribution in [2.45, 2.75) is 31.3 Å². The van der Waals surface area contributed by atoms with Gasteiger partial charge in [-0.3, -0.25) is 0 Å². The van der Waals surface area contributed by atoms with Gasteiger partial charge < -0.3 is 0 Å². The van der Waals surface area contributed by atoms with Crippen LogP contribution in [0.1, 0.15) is 31.2 Å². The highest BCUT2D eigenvalue weighted by Crippen LogP contribution is 2.27. The molecule has 1 aliphatic rings. The molecule has 0 bridgehead atoms. The molecule has 0 spiro atoms. The second-order valence-corrected chi connectivity index (χ2v) is 6.54. The summed E-state index contributed by atoms with van der Waals surface area (Å²) in [5.74, 6) is 1.67. The van der Waals surface area contributed by atoms with Crippen LogP contribution in [-0.4, -0.2) is 26.3 Å². The number of aromatic nitrogens is 3. The summed E-state index contributed by atoms with van der Waals surface area (Å²) in [6.07, 6.45) is 3.10. The summed E-state index contributed by atoms with van der Waals surface area (Å²) in [5.41, 5.74) is 1.95. The van der Waals surface area contributed by atoms with Crippen molar-refractivity contribution in [2.75, 3.05) is 5.75 Å². The fraction of sp³-hybridized carbons (Fsp3) is 0.357. The van der Waals surface area contributed by atoms with Gasteiger partial charge in [0.05, 0.1) is 15.8 Å². The lowest BCUT2D eigenvalue weighted by Gasteiger charge is -2.14. The summed E-state index contributed by atoms with van der Waals surface area (Å²) in [5, 5.41) is 15.1. The molecule has 22 heavy (non-hydrogen) atoms. The van der Waals surface area contributed by atoms with Crippen molar-refractivity contribution in [2.24, 2.45) is 5.10 Å². The highest BCUT2D eigenvalue weighted by atomic mass is 79.9. The van der Waals surface area contributed by atoms with Crippen molar-refractivity contribution >= 4 is 57.7 Å². The van der Waals surface area contributed by atoms with Crippen LogP contribution in [-0.2, 0) is 6.42 Å². The first-order valence-electron chi connectivity index (χ1n) is 6.79. The minimum atomic E-state index is 0. The molecule has 0 atom stereocenters. The Bertz CT molecular complexity index is 702. The van der Waals surface area contributed by atoms with Crippen LogP contribution in [0.15, 0.2) is 28.5 Å². The highest BCUT2D eigenvalue weighted by Gasteiger charge is 2.19. The van der Waals surface area contributed by atoms with Gasteiger partial charge in [0.2, 0.25) is 5.16 Å². The van der Waals surface area contributed by atoms with Crippen LogP contribution in [0.4, 0.5) is 0 Å². The largest absolute Gasteiger partial charge is 0.212 e. The van der Waals surface area contributed by atoms with Crippen LogP contribution in [0.3, 0.4) is 0 Å². The third-order valence-electron chi connectivity index (χ3n) is 3.24. The van der Waals surface area contributed by atoms with Gasteiger partial charge in [-0.2, -0.15) is 9.78 Å².